The Kier molecular flexibility index (Phi) is 2.90. The summed E-state index contributed by atoms with van der Waals surface area (Å²) in [6.07, 6.45) is 1.39. The molecule has 0 aromatic carbocycles. The van der Waals surface area contributed by atoms with E-state index in [1.165, 1.54) is 16.8 Å². The van der Waals surface area contributed by atoms with Gasteiger partial charge >= 0.3 is 5.69 Å². The van der Waals surface area contributed by atoms with Gasteiger partial charge in [-0.05, 0) is 0 Å². The van der Waals surface area contributed by atoms with E-state index in [4.69, 9.17) is 4.52 Å². The predicted molar refractivity (Wildman–Crippen MR) is 58.8 cm³/mol. The van der Waals surface area contributed by atoms with E-state index < -0.39 is 11.2 Å². The second kappa shape index (κ2) is 4.36. The van der Waals surface area contributed by atoms with Gasteiger partial charge in [0.05, 0.1) is 0 Å². The fourth-order valence-corrected chi connectivity index (χ4v) is 1.28. The summed E-state index contributed by atoms with van der Waals surface area (Å²) in [7, 11) is 0. The molecule has 2 rings (SSSR count). The van der Waals surface area contributed by atoms with Crippen LogP contribution >= 0.6 is 0 Å². The third-order valence-electron chi connectivity index (χ3n) is 2.20. The first kappa shape index (κ1) is 11.3. The molecule has 7 nitrogen and oxygen atoms in total. The molecule has 0 unspecified atom stereocenters. The van der Waals surface area contributed by atoms with Crippen LogP contribution in [0.5, 0.6) is 0 Å². The molecule has 0 saturated heterocycles. The minimum Gasteiger partial charge on any atom is -0.337 e. The lowest BCUT2D eigenvalue weighted by atomic mass is 10.2. The summed E-state index contributed by atoms with van der Waals surface area (Å²) in [5, 5.41) is 3.79. The summed E-state index contributed by atoms with van der Waals surface area (Å²) in [6, 6.07) is 1.27. The lowest BCUT2D eigenvalue weighted by molar-refractivity contribution is 0.362. The molecule has 2 heterocycles. The normalized spacial score (nSPS) is 11.0. The average Bonchev–Trinajstić information content (AvgIpc) is 2.71. The highest BCUT2D eigenvalue weighted by Gasteiger charge is 2.10. The van der Waals surface area contributed by atoms with Gasteiger partial charge in [0.1, 0.15) is 6.54 Å². The van der Waals surface area contributed by atoms with Crippen LogP contribution in [-0.4, -0.2) is 19.7 Å². The number of nitrogens with zero attached hydrogens (tertiary/aromatic N) is 3. The molecule has 90 valence electrons. The number of hydrogen-bond acceptors (Lipinski definition) is 5. The monoisotopic (exact) mass is 236 g/mol. The molecule has 0 spiro atoms. The Hall–Kier alpha value is -2.18. The van der Waals surface area contributed by atoms with Crippen molar-refractivity contribution in [1.29, 1.82) is 0 Å². The van der Waals surface area contributed by atoms with Crippen LogP contribution in [-0.2, 0) is 6.54 Å². The zero-order valence-electron chi connectivity index (χ0n) is 9.51. The molecule has 2 aromatic heterocycles. The zero-order valence-corrected chi connectivity index (χ0v) is 9.51. The van der Waals surface area contributed by atoms with Gasteiger partial charge in [0.25, 0.3) is 5.56 Å². The molecule has 0 saturated carbocycles. The Morgan fingerprint density at radius 3 is 2.82 bits per heavy atom. The van der Waals surface area contributed by atoms with E-state index >= 15 is 0 Å². The van der Waals surface area contributed by atoms with Crippen LogP contribution in [0.1, 0.15) is 31.5 Å². The van der Waals surface area contributed by atoms with Gasteiger partial charge in [-0.2, -0.15) is 4.98 Å². The third kappa shape index (κ3) is 2.49. The van der Waals surface area contributed by atoms with Crippen molar-refractivity contribution in [3.05, 3.63) is 44.8 Å². The summed E-state index contributed by atoms with van der Waals surface area (Å²) in [5.41, 5.74) is -0.929. The van der Waals surface area contributed by atoms with Gasteiger partial charge in [-0.15, -0.1) is 0 Å². The van der Waals surface area contributed by atoms with E-state index in [2.05, 4.69) is 15.1 Å². The number of nitrogens with one attached hydrogen (secondary N) is 1. The van der Waals surface area contributed by atoms with E-state index in [1.54, 1.807) is 0 Å². The molecule has 17 heavy (non-hydrogen) atoms. The lowest BCUT2D eigenvalue weighted by Gasteiger charge is -1.98. The Bertz CT molecular complexity index is 623. The first-order valence-electron chi connectivity index (χ1n) is 5.18. The van der Waals surface area contributed by atoms with Crippen molar-refractivity contribution in [2.75, 3.05) is 0 Å². The van der Waals surface area contributed by atoms with E-state index in [9.17, 15) is 9.59 Å². The molecule has 0 aliphatic heterocycles. The highest BCUT2D eigenvalue weighted by Crippen LogP contribution is 2.09. The largest absolute Gasteiger partial charge is 0.337 e. The zero-order chi connectivity index (χ0) is 12.4. The van der Waals surface area contributed by atoms with Crippen molar-refractivity contribution in [2.45, 2.75) is 26.3 Å². The molecule has 1 N–H and O–H groups in total. The first-order valence-corrected chi connectivity index (χ1v) is 5.18. The standard InChI is InChI=1S/C10H12N4O3/c1-6(2)9-12-8(17-13-9)5-14-4-3-7(15)11-10(14)16/h3-4,6H,5H2,1-2H3,(H,11,15,16). The fourth-order valence-electron chi connectivity index (χ4n) is 1.28. The molecule has 0 fully saturated rings. The van der Waals surface area contributed by atoms with Gasteiger partial charge in [-0.3, -0.25) is 14.3 Å². The molecular weight excluding hydrogens is 224 g/mol. The van der Waals surface area contributed by atoms with E-state index in [0.717, 1.165) is 0 Å². The van der Waals surface area contributed by atoms with Gasteiger partial charge < -0.3 is 4.52 Å². The second-order valence-electron chi connectivity index (χ2n) is 3.94. The van der Waals surface area contributed by atoms with Crippen LogP contribution in [0.3, 0.4) is 0 Å². The molecule has 2 aromatic rings. The number of H-pyrrole nitrogens is 1. The van der Waals surface area contributed by atoms with Gasteiger partial charge in [0, 0.05) is 18.2 Å². The van der Waals surface area contributed by atoms with E-state index in [0.29, 0.717) is 11.7 Å². The summed E-state index contributed by atoms with van der Waals surface area (Å²) in [5.74, 6) is 1.10. The van der Waals surface area contributed by atoms with Crippen LogP contribution in [0.25, 0.3) is 0 Å². The highest BCUT2D eigenvalue weighted by molar-refractivity contribution is 4.93. The Labute approximate surface area is 96.1 Å². The van der Waals surface area contributed by atoms with Crippen LogP contribution in [0, 0.1) is 0 Å². The SMILES string of the molecule is CC(C)c1noc(Cn2ccc(=O)[nH]c2=O)n1. The van der Waals surface area contributed by atoms with Crippen molar-refractivity contribution in [1.82, 2.24) is 19.7 Å². The van der Waals surface area contributed by atoms with Gasteiger partial charge in [-0.1, -0.05) is 19.0 Å². The lowest BCUT2D eigenvalue weighted by Crippen LogP contribution is -2.28. The summed E-state index contributed by atoms with van der Waals surface area (Å²) in [6.45, 7) is 4.04. The van der Waals surface area contributed by atoms with Gasteiger partial charge in [0.2, 0.25) is 5.89 Å². The van der Waals surface area contributed by atoms with Gasteiger partial charge in [0.15, 0.2) is 5.82 Å². The topological polar surface area (TPSA) is 93.8 Å². The molecule has 0 aliphatic rings. The van der Waals surface area contributed by atoms with Gasteiger partial charge in [-0.25, -0.2) is 4.79 Å². The van der Waals surface area contributed by atoms with Crippen LogP contribution < -0.4 is 11.2 Å². The second-order valence-corrected chi connectivity index (χ2v) is 3.94. The molecule has 0 atom stereocenters. The molecule has 0 bridgehead atoms. The van der Waals surface area contributed by atoms with Crippen LogP contribution in [0.15, 0.2) is 26.4 Å². The minimum absolute atomic E-state index is 0.148. The van der Waals surface area contributed by atoms with E-state index in [1.807, 2.05) is 13.8 Å². The molecule has 0 aliphatic carbocycles. The van der Waals surface area contributed by atoms with Crippen molar-refractivity contribution < 1.29 is 4.52 Å². The van der Waals surface area contributed by atoms with Crippen LogP contribution in [0.4, 0.5) is 0 Å². The smallest absolute Gasteiger partial charge is 0.328 e. The summed E-state index contributed by atoms with van der Waals surface area (Å²) >= 11 is 0. The Morgan fingerprint density at radius 1 is 1.47 bits per heavy atom. The highest BCUT2D eigenvalue weighted by atomic mass is 16.5. The molecular formula is C10H12N4O3. The van der Waals surface area contributed by atoms with Crippen molar-refractivity contribution in [3.63, 3.8) is 0 Å². The van der Waals surface area contributed by atoms with Crippen molar-refractivity contribution in [3.8, 4) is 0 Å². The molecule has 7 heteroatoms. The maximum atomic E-state index is 11.4. The van der Waals surface area contributed by atoms with E-state index in [-0.39, 0.29) is 12.5 Å². The number of rotatable bonds is 3. The third-order valence-corrected chi connectivity index (χ3v) is 2.20. The summed E-state index contributed by atoms with van der Waals surface area (Å²) in [4.78, 5) is 28.6. The number of aromatic nitrogens is 4. The quantitative estimate of drug-likeness (QED) is 0.815. The van der Waals surface area contributed by atoms with Crippen molar-refractivity contribution >= 4 is 0 Å². The average molecular weight is 236 g/mol. The fraction of sp³-hybridized carbons (Fsp3) is 0.400. The molecule has 0 amide bonds. The van der Waals surface area contributed by atoms with Crippen molar-refractivity contribution in [2.24, 2.45) is 0 Å². The number of aromatic amines is 1. The molecule has 0 radical (unpaired) electrons. The minimum atomic E-state index is -0.498. The predicted octanol–water partition coefficient (Wildman–Crippen LogP) is 0.0913. The Morgan fingerprint density at radius 2 is 2.24 bits per heavy atom. The van der Waals surface area contributed by atoms with Crippen LogP contribution in [0.2, 0.25) is 0 Å². The number of hydrogen-bond donors (Lipinski definition) is 1. The summed E-state index contributed by atoms with van der Waals surface area (Å²) < 4.78 is 6.29. The first-order chi connectivity index (χ1) is 8.06. The maximum absolute atomic E-state index is 11.4. The maximum Gasteiger partial charge on any atom is 0.328 e. The Balaban J connectivity index is 2.25.